The first-order chi connectivity index (χ1) is 5.16. The molecule has 0 fully saturated rings. The van der Waals surface area contributed by atoms with Crippen LogP contribution in [0.1, 0.15) is 12.5 Å². The highest BCUT2D eigenvalue weighted by molar-refractivity contribution is 7.80. The van der Waals surface area contributed by atoms with Crippen molar-refractivity contribution in [1.29, 1.82) is 0 Å². The molecule has 0 N–H and O–H groups in total. The van der Waals surface area contributed by atoms with Crippen LogP contribution in [0.2, 0.25) is 0 Å². The van der Waals surface area contributed by atoms with Crippen molar-refractivity contribution in [3.8, 4) is 0 Å². The van der Waals surface area contributed by atoms with Crippen molar-refractivity contribution in [2.45, 2.75) is 18.2 Å². The maximum Gasteiger partial charge on any atom is 0.142 e. The summed E-state index contributed by atoms with van der Waals surface area (Å²) in [5, 5.41) is 0. The maximum absolute atomic E-state index is 12.9. The van der Waals surface area contributed by atoms with Crippen molar-refractivity contribution in [3.63, 3.8) is 0 Å². The number of halogens is 2. The highest BCUT2D eigenvalue weighted by atomic mass is 32.1. The summed E-state index contributed by atoms with van der Waals surface area (Å²) in [7, 11) is 0. The van der Waals surface area contributed by atoms with Gasteiger partial charge in [0.15, 0.2) is 0 Å². The van der Waals surface area contributed by atoms with E-state index in [-0.39, 0.29) is 10.5 Å². The standard InChI is InChI=1S/C8H8F2S/c1-2-5-6(9)3-4-7(11)8(5)10/h3-4,11H,2H2,1H3. The summed E-state index contributed by atoms with van der Waals surface area (Å²) in [6.45, 7) is 1.70. The smallest absolute Gasteiger partial charge is 0.142 e. The van der Waals surface area contributed by atoms with Gasteiger partial charge in [0.2, 0.25) is 0 Å². The SMILES string of the molecule is CCc1c(F)ccc(S)c1F. The Labute approximate surface area is 69.6 Å². The van der Waals surface area contributed by atoms with Crippen molar-refractivity contribution in [1.82, 2.24) is 0 Å². The van der Waals surface area contributed by atoms with E-state index in [1.807, 2.05) is 0 Å². The molecule has 0 saturated heterocycles. The minimum atomic E-state index is -0.546. The van der Waals surface area contributed by atoms with Crippen LogP contribution in [-0.4, -0.2) is 0 Å². The molecule has 0 spiro atoms. The summed E-state index contributed by atoms with van der Waals surface area (Å²) < 4.78 is 25.7. The zero-order valence-electron chi connectivity index (χ0n) is 6.06. The van der Waals surface area contributed by atoms with E-state index in [0.29, 0.717) is 6.42 Å². The van der Waals surface area contributed by atoms with Gasteiger partial charge in [0, 0.05) is 10.5 Å². The van der Waals surface area contributed by atoms with Crippen LogP contribution in [0.5, 0.6) is 0 Å². The summed E-state index contributed by atoms with van der Waals surface area (Å²) in [5.41, 5.74) is 0.109. The second-order valence-electron chi connectivity index (χ2n) is 2.21. The van der Waals surface area contributed by atoms with Crippen LogP contribution in [0.15, 0.2) is 17.0 Å². The fraction of sp³-hybridized carbons (Fsp3) is 0.250. The van der Waals surface area contributed by atoms with Crippen LogP contribution >= 0.6 is 12.6 Å². The highest BCUT2D eigenvalue weighted by Crippen LogP contribution is 2.19. The zero-order chi connectivity index (χ0) is 8.43. The van der Waals surface area contributed by atoms with Crippen LogP contribution in [0.25, 0.3) is 0 Å². The highest BCUT2D eigenvalue weighted by Gasteiger charge is 2.08. The predicted molar refractivity (Wildman–Crippen MR) is 43.0 cm³/mol. The fourth-order valence-corrected chi connectivity index (χ4v) is 1.12. The number of hydrogen-bond donors (Lipinski definition) is 1. The third-order valence-corrected chi connectivity index (χ3v) is 1.86. The van der Waals surface area contributed by atoms with Crippen LogP contribution < -0.4 is 0 Å². The molecule has 0 heterocycles. The summed E-state index contributed by atoms with van der Waals surface area (Å²) in [6.07, 6.45) is 0.353. The van der Waals surface area contributed by atoms with Gasteiger partial charge in [-0.1, -0.05) is 6.92 Å². The molecule has 0 atom stereocenters. The Hall–Kier alpha value is -0.570. The van der Waals surface area contributed by atoms with E-state index in [1.165, 1.54) is 12.1 Å². The second kappa shape index (κ2) is 3.22. The Bertz CT molecular complexity index is 271. The molecule has 0 bridgehead atoms. The van der Waals surface area contributed by atoms with Gasteiger partial charge >= 0.3 is 0 Å². The average molecular weight is 174 g/mol. The molecule has 0 nitrogen and oxygen atoms in total. The number of thiol groups is 1. The van der Waals surface area contributed by atoms with Gasteiger partial charge in [-0.25, -0.2) is 8.78 Å². The third kappa shape index (κ3) is 1.53. The molecule has 0 aliphatic rings. The Kier molecular flexibility index (Phi) is 2.49. The molecule has 3 heteroatoms. The molecule has 1 rings (SSSR count). The van der Waals surface area contributed by atoms with Crippen molar-refractivity contribution in [3.05, 3.63) is 29.3 Å². The lowest BCUT2D eigenvalue weighted by molar-refractivity contribution is 0.542. The lowest BCUT2D eigenvalue weighted by atomic mass is 10.1. The van der Waals surface area contributed by atoms with Gasteiger partial charge in [0.1, 0.15) is 11.6 Å². The van der Waals surface area contributed by atoms with E-state index in [9.17, 15) is 8.78 Å². The quantitative estimate of drug-likeness (QED) is 0.622. The van der Waals surface area contributed by atoms with Crippen LogP contribution in [-0.2, 0) is 6.42 Å². The Morgan fingerprint density at radius 1 is 1.36 bits per heavy atom. The molecule has 0 aliphatic heterocycles. The number of rotatable bonds is 1. The third-order valence-electron chi connectivity index (χ3n) is 1.52. The van der Waals surface area contributed by atoms with E-state index >= 15 is 0 Å². The summed E-state index contributed by atoms with van der Waals surface area (Å²) >= 11 is 3.83. The van der Waals surface area contributed by atoms with Crippen LogP contribution in [0, 0.1) is 11.6 Å². The van der Waals surface area contributed by atoms with Gasteiger partial charge in [0.05, 0.1) is 0 Å². The van der Waals surface area contributed by atoms with E-state index in [2.05, 4.69) is 12.6 Å². The van der Waals surface area contributed by atoms with Crippen molar-refractivity contribution >= 4 is 12.6 Å². The molecular formula is C8H8F2S. The molecule has 0 aliphatic carbocycles. The topological polar surface area (TPSA) is 0 Å². The summed E-state index contributed by atoms with van der Waals surface area (Å²) in [6, 6.07) is 2.54. The molecule has 0 radical (unpaired) electrons. The molecular weight excluding hydrogens is 166 g/mol. The largest absolute Gasteiger partial charge is 0.207 e. The van der Waals surface area contributed by atoms with Crippen molar-refractivity contribution in [2.24, 2.45) is 0 Å². The predicted octanol–water partition coefficient (Wildman–Crippen LogP) is 2.82. The normalized spacial score (nSPS) is 10.2. The molecule has 60 valence electrons. The summed E-state index contributed by atoms with van der Waals surface area (Å²) in [4.78, 5) is 0.197. The van der Waals surface area contributed by atoms with Gasteiger partial charge in [-0.2, -0.15) is 0 Å². The number of hydrogen-bond acceptors (Lipinski definition) is 1. The fourth-order valence-electron chi connectivity index (χ4n) is 0.909. The van der Waals surface area contributed by atoms with Crippen molar-refractivity contribution < 1.29 is 8.78 Å². The Balaban J connectivity index is 3.29. The lowest BCUT2D eigenvalue weighted by Crippen LogP contribution is -1.93. The monoisotopic (exact) mass is 174 g/mol. The van der Waals surface area contributed by atoms with Gasteiger partial charge in [-0.05, 0) is 18.6 Å². The number of benzene rings is 1. The van der Waals surface area contributed by atoms with E-state index in [0.717, 1.165) is 0 Å². The molecule has 0 saturated carbocycles. The Morgan fingerprint density at radius 2 is 2.00 bits per heavy atom. The first-order valence-corrected chi connectivity index (χ1v) is 3.77. The van der Waals surface area contributed by atoms with Gasteiger partial charge in [-0.15, -0.1) is 12.6 Å². The minimum Gasteiger partial charge on any atom is -0.207 e. The first kappa shape index (κ1) is 8.53. The lowest BCUT2D eigenvalue weighted by Gasteiger charge is -2.02. The molecule has 0 unspecified atom stereocenters. The van der Waals surface area contributed by atoms with Crippen molar-refractivity contribution in [2.75, 3.05) is 0 Å². The molecule has 1 aromatic rings. The maximum atomic E-state index is 12.9. The molecule has 0 amide bonds. The Morgan fingerprint density at radius 3 is 2.45 bits per heavy atom. The minimum absolute atomic E-state index is 0.109. The zero-order valence-corrected chi connectivity index (χ0v) is 6.96. The van der Waals surface area contributed by atoms with Gasteiger partial charge < -0.3 is 0 Å². The van der Waals surface area contributed by atoms with Crippen LogP contribution in [0.3, 0.4) is 0 Å². The summed E-state index contributed by atoms with van der Waals surface area (Å²) in [5.74, 6) is -1.04. The van der Waals surface area contributed by atoms with Gasteiger partial charge in [0.25, 0.3) is 0 Å². The van der Waals surface area contributed by atoms with Gasteiger partial charge in [-0.3, -0.25) is 0 Å². The van der Waals surface area contributed by atoms with E-state index in [1.54, 1.807) is 6.92 Å². The second-order valence-corrected chi connectivity index (χ2v) is 2.69. The van der Waals surface area contributed by atoms with E-state index < -0.39 is 11.6 Å². The molecule has 11 heavy (non-hydrogen) atoms. The molecule has 0 aromatic heterocycles. The van der Waals surface area contributed by atoms with E-state index in [4.69, 9.17) is 0 Å². The molecule has 1 aromatic carbocycles. The average Bonchev–Trinajstić information content (AvgIpc) is 1.99. The first-order valence-electron chi connectivity index (χ1n) is 3.32. The van der Waals surface area contributed by atoms with Crippen LogP contribution in [0.4, 0.5) is 8.78 Å².